The molecule has 1 amide bonds. The summed E-state index contributed by atoms with van der Waals surface area (Å²) in [5.41, 5.74) is 1.38. The molecular formula is C25H31ClN2O3. The molecule has 0 atom stereocenters. The van der Waals surface area contributed by atoms with Gasteiger partial charge in [0.25, 0.3) is 5.91 Å². The Morgan fingerprint density at radius 2 is 1.58 bits per heavy atom. The summed E-state index contributed by atoms with van der Waals surface area (Å²) in [6.45, 7) is 3.77. The van der Waals surface area contributed by atoms with Crippen LogP contribution in [0.15, 0.2) is 48.5 Å². The second-order valence-corrected chi connectivity index (χ2v) is 8.91. The normalized spacial score (nSPS) is 17.3. The van der Waals surface area contributed by atoms with Gasteiger partial charge in [0.1, 0.15) is 11.5 Å². The summed E-state index contributed by atoms with van der Waals surface area (Å²) < 4.78 is 11.4. The molecule has 2 fully saturated rings. The largest absolute Gasteiger partial charge is 0.494 e. The molecule has 0 bridgehead atoms. The van der Waals surface area contributed by atoms with Crippen LogP contribution in [-0.2, 0) is 4.79 Å². The Bertz CT molecular complexity index is 829. The van der Waals surface area contributed by atoms with Crippen molar-refractivity contribution in [2.75, 3.05) is 32.8 Å². The first-order chi connectivity index (χ1) is 15.2. The van der Waals surface area contributed by atoms with Crippen LogP contribution in [0.1, 0.15) is 43.6 Å². The zero-order valence-corrected chi connectivity index (χ0v) is 18.7. The summed E-state index contributed by atoms with van der Waals surface area (Å²) in [5, 5.41) is 3.84. The van der Waals surface area contributed by atoms with Crippen molar-refractivity contribution in [1.29, 1.82) is 0 Å². The van der Waals surface area contributed by atoms with Crippen molar-refractivity contribution in [2.45, 2.75) is 44.1 Å². The lowest BCUT2D eigenvalue weighted by molar-refractivity contribution is -0.124. The topological polar surface area (TPSA) is 50.8 Å². The molecule has 0 unspecified atom stereocenters. The molecule has 31 heavy (non-hydrogen) atoms. The fourth-order valence-electron chi connectivity index (χ4n) is 3.98. The second kappa shape index (κ2) is 10.9. The fourth-order valence-corrected chi connectivity index (χ4v) is 4.11. The summed E-state index contributed by atoms with van der Waals surface area (Å²) in [7, 11) is 0. The molecule has 2 aromatic carbocycles. The van der Waals surface area contributed by atoms with Gasteiger partial charge in [0.2, 0.25) is 0 Å². The molecule has 6 heteroatoms. The molecule has 1 saturated carbocycles. The van der Waals surface area contributed by atoms with Crippen molar-refractivity contribution >= 4 is 17.5 Å². The van der Waals surface area contributed by atoms with E-state index in [1.54, 1.807) is 0 Å². The number of benzene rings is 2. The molecule has 2 aromatic rings. The summed E-state index contributed by atoms with van der Waals surface area (Å²) in [5.74, 6) is 2.31. The fraction of sp³-hybridized carbons (Fsp3) is 0.480. The minimum Gasteiger partial charge on any atom is -0.494 e. The SMILES string of the molecule is O=C(COc1ccc(C2CC2)cc1)NC1CCN(CCCOc2ccc(Cl)cc2)CC1. The highest BCUT2D eigenvalue weighted by Crippen LogP contribution is 2.40. The first kappa shape index (κ1) is 22.0. The van der Waals surface area contributed by atoms with E-state index in [2.05, 4.69) is 22.3 Å². The predicted molar refractivity (Wildman–Crippen MR) is 123 cm³/mol. The first-order valence-corrected chi connectivity index (χ1v) is 11.7. The van der Waals surface area contributed by atoms with Gasteiger partial charge in [-0.1, -0.05) is 23.7 Å². The van der Waals surface area contributed by atoms with Crippen LogP contribution < -0.4 is 14.8 Å². The van der Waals surface area contributed by atoms with Gasteiger partial charge in [0, 0.05) is 30.7 Å². The van der Waals surface area contributed by atoms with Crippen molar-refractivity contribution in [2.24, 2.45) is 0 Å². The van der Waals surface area contributed by atoms with Gasteiger partial charge in [-0.3, -0.25) is 4.79 Å². The van der Waals surface area contributed by atoms with Crippen molar-refractivity contribution in [3.8, 4) is 11.5 Å². The maximum absolute atomic E-state index is 12.2. The number of hydrogen-bond donors (Lipinski definition) is 1. The monoisotopic (exact) mass is 442 g/mol. The van der Waals surface area contributed by atoms with Crippen LogP contribution in [0.3, 0.4) is 0 Å². The van der Waals surface area contributed by atoms with Crippen molar-refractivity contribution in [1.82, 2.24) is 10.2 Å². The highest BCUT2D eigenvalue weighted by molar-refractivity contribution is 6.30. The van der Waals surface area contributed by atoms with Crippen LogP contribution in [0.2, 0.25) is 5.02 Å². The lowest BCUT2D eigenvalue weighted by atomic mass is 10.0. The number of ether oxygens (including phenoxy) is 2. The number of piperidine rings is 1. The Morgan fingerprint density at radius 1 is 0.935 bits per heavy atom. The molecule has 5 nitrogen and oxygen atoms in total. The minimum absolute atomic E-state index is 0.0407. The van der Waals surface area contributed by atoms with Gasteiger partial charge in [-0.15, -0.1) is 0 Å². The quantitative estimate of drug-likeness (QED) is 0.544. The average Bonchev–Trinajstić information content (AvgIpc) is 3.64. The number of carbonyl (C=O) groups excluding carboxylic acids is 1. The highest BCUT2D eigenvalue weighted by atomic mass is 35.5. The van der Waals surface area contributed by atoms with E-state index in [1.807, 2.05) is 36.4 Å². The highest BCUT2D eigenvalue weighted by Gasteiger charge is 2.23. The Morgan fingerprint density at radius 3 is 2.26 bits per heavy atom. The third-order valence-electron chi connectivity index (χ3n) is 5.95. The zero-order valence-electron chi connectivity index (χ0n) is 17.9. The second-order valence-electron chi connectivity index (χ2n) is 8.47. The van der Waals surface area contributed by atoms with Crippen LogP contribution in [-0.4, -0.2) is 49.7 Å². The van der Waals surface area contributed by atoms with Crippen LogP contribution >= 0.6 is 11.6 Å². The molecular weight excluding hydrogens is 412 g/mol. The van der Waals surface area contributed by atoms with E-state index in [4.69, 9.17) is 21.1 Å². The first-order valence-electron chi connectivity index (χ1n) is 11.3. The van der Waals surface area contributed by atoms with Crippen molar-refractivity contribution in [3.05, 3.63) is 59.1 Å². The Hall–Kier alpha value is -2.24. The number of carbonyl (C=O) groups is 1. The number of rotatable bonds is 10. The zero-order chi connectivity index (χ0) is 21.5. The smallest absolute Gasteiger partial charge is 0.258 e. The Balaban J connectivity index is 1.07. The lowest BCUT2D eigenvalue weighted by Crippen LogP contribution is -2.46. The Labute approximate surface area is 189 Å². The van der Waals surface area contributed by atoms with Gasteiger partial charge in [-0.2, -0.15) is 0 Å². The Kier molecular flexibility index (Phi) is 7.71. The molecule has 1 aliphatic carbocycles. The lowest BCUT2D eigenvalue weighted by Gasteiger charge is -2.32. The van der Waals surface area contributed by atoms with E-state index in [0.717, 1.165) is 61.3 Å². The predicted octanol–water partition coefficient (Wildman–Crippen LogP) is 4.65. The molecule has 0 spiro atoms. The average molecular weight is 443 g/mol. The van der Waals surface area contributed by atoms with E-state index >= 15 is 0 Å². The molecule has 1 heterocycles. The van der Waals surface area contributed by atoms with Gasteiger partial charge in [-0.25, -0.2) is 0 Å². The summed E-state index contributed by atoms with van der Waals surface area (Å²) in [6.07, 6.45) is 5.50. The van der Waals surface area contributed by atoms with Crippen LogP contribution in [0, 0.1) is 0 Å². The standard InChI is InChI=1S/C25H31ClN2O3/c26-21-6-10-23(11-7-21)30-17-1-14-28-15-12-22(13-16-28)27-25(29)18-31-24-8-4-20(5-9-24)19-2-3-19/h4-11,19,22H,1-3,12-18H2,(H,27,29). The molecule has 1 N–H and O–H groups in total. The van der Waals surface area contributed by atoms with Crippen molar-refractivity contribution < 1.29 is 14.3 Å². The summed E-state index contributed by atoms with van der Waals surface area (Å²) in [6, 6.07) is 15.9. The molecule has 2 aliphatic rings. The van der Waals surface area contributed by atoms with Crippen LogP contribution in [0.4, 0.5) is 0 Å². The van der Waals surface area contributed by atoms with E-state index < -0.39 is 0 Å². The number of nitrogens with one attached hydrogen (secondary N) is 1. The van der Waals surface area contributed by atoms with Crippen LogP contribution in [0.25, 0.3) is 0 Å². The summed E-state index contributed by atoms with van der Waals surface area (Å²) >= 11 is 5.88. The third-order valence-corrected chi connectivity index (χ3v) is 6.20. The van der Waals surface area contributed by atoms with Gasteiger partial charge >= 0.3 is 0 Å². The van der Waals surface area contributed by atoms with Gasteiger partial charge in [0.15, 0.2) is 6.61 Å². The molecule has 1 aliphatic heterocycles. The minimum atomic E-state index is -0.0407. The number of amides is 1. The van der Waals surface area contributed by atoms with E-state index in [0.29, 0.717) is 6.61 Å². The van der Waals surface area contributed by atoms with Crippen LogP contribution in [0.5, 0.6) is 11.5 Å². The number of nitrogens with zero attached hydrogens (tertiary/aromatic N) is 1. The summed E-state index contributed by atoms with van der Waals surface area (Å²) in [4.78, 5) is 14.7. The number of halogens is 1. The van der Waals surface area contributed by atoms with E-state index in [-0.39, 0.29) is 18.6 Å². The number of hydrogen-bond acceptors (Lipinski definition) is 4. The van der Waals surface area contributed by atoms with Gasteiger partial charge in [0.05, 0.1) is 6.61 Å². The van der Waals surface area contributed by atoms with Gasteiger partial charge in [-0.05, 0) is 80.0 Å². The van der Waals surface area contributed by atoms with Gasteiger partial charge < -0.3 is 19.7 Å². The third kappa shape index (κ3) is 7.15. The van der Waals surface area contributed by atoms with E-state index in [1.165, 1.54) is 18.4 Å². The van der Waals surface area contributed by atoms with Crippen molar-refractivity contribution in [3.63, 3.8) is 0 Å². The molecule has 0 radical (unpaired) electrons. The molecule has 166 valence electrons. The molecule has 4 rings (SSSR count). The van der Waals surface area contributed by atoms with E-state index in [9.17, 15) is 4.79 Å². The molecule has 0 aromatic heterocycles. The maximum atomic E-state index is 12.2. The maximum Gasteiger partial charge on any atom is 0.258 e. The number of likely N-dealkylation sites (tertiary alicyclic amines) is 1. The molecule has 1 saturated heterocycles.